The lowest BCUT2D eigenvalue weighted by atomic mass is 9.77. The summed E-state index contributed by atoms with van der Waals surface area (Å²) in [6.07, 6.45) is 6.18. The van der Waals surface area contributed by atoms with Gasteiger partial charge in [-0.25, -0.2) is 9.97 Å². The Morgan fingerprint density at radius 1 is 1.11 bits per heavy atom. The Kier molecular flexibility index (Phi) is 4.23. The molecule has 6 nitrogen and oxygen atoms in total. The van der Waals surface area contributed by atoms with Gasteiger partial charge in [-0.2, -0.15) is 0 Å². The topological polar surface area (TPSA) is 65.1 Å². The van der Waals surface area contributed by atoms with Crippen LogP contribution in [0.25, 0.3) is 11.0 Å². The highest BCUT2D eigenvalue weighted by atomic mass is 35.5. The zero-order valence-corrected chi connectivity index (χ0v) is 16.3. The number of likely N-dealkylation sites (tertiary alicyclic amines) is 1. The number of aromatic nitrogens is 3. The highest BCUT2D eigenvalue weighted by Gasteiger charge is 2.45. The Balaban J connectivity index is 1.27. The van der Waals surface area contributed by atoms with Crippen molar-refractivity contribution in [3.05, 3.63) is 53.4 Å². The van der Waals surface area contributed by atoms with Crippen molar-refractivity contribution in [3.63, 3.8) is 0 Å². The van der Waals surface area contributed by atoms with Crippen molar-refractivity contribution in [2.45, 2.75) is 25.8 Å². The van der Waals surface area contributed by atoms with Crippen LogP contribution in [0.3, 0.4) is 0 Å². The van der Waals surface area contributed by atoms with Crippen LogP contribution in [0.4, 0.5) is 5.82 Å². The number of carbonyl (C=O) groups excluding carboxylic acids is 1. The minimum absolute atomic E-state index is 0.0876. The third-order valence-electron chi connectivity index (χ3n) is 6.15. The molecule has 2 fully saturated rings. The number of carbonyl (C=O) groups is 1. The van der Waals surface area contributed by atoms with Gasteiger partial charge >= 0.3 is 0 Å². The van der Waals surface area contributed by atoms with Crippen LogP contribution in [0.2, 0.25) is 5.02 Å². The third kappa shape index (κ3) is 3.11. The normalized spacial score (nSPS) is 19.1. The van der Waals surface area contributed by atoms with Gasteiger partial charge in [0.05, 0.1) is 5.39 Å². The van der Waals surface area contributed by atoms with Gasteiger partial charge in [0.1, 0.15) is 17.8 Å². The minimum atomic E-state index is 0.0876. The molecular formula is C21H22ClN5O. The first-order valence-electron chi connectivity index (χ1n) is 9.67. The third-order valence-corrected chi connectivity index (χ3v) is 6.40. The lowest BCUT2D eigenvalue weighted by molar-refractivity contribution is -0.128. The van der Waals surface area contributed by atoms with Gasteiger partial charge < -0.3 is 14.8 Å². The van der Waals surface area contributed by atoms with Gasteiger partial charge in [-0.05, 0) is 36.6 Å². The molecule has 5 rings (SSSR count). The van der Waals surface area contributed by atoms with Crippen LogP contribution >= 0.6 is 11.6 Å². The summed E-state index contributed by atoms with van der Waals surface area (Å²) in [7, 11) is 0. The van der Waals surface area contributed by atoms with Crippen LogP contribution in [0.15, 0.2) is 42.9 Å². The first kappa shape index (κ1) is 17.5. The van der Waals surface area contributed by atoms with E-state index < -0.39 is 0 Å². The number of H-pyrrole nitrogens is 1. The van der Waals surface area contributed by atoms with Crippen molar-refractivity contribution in [2.24, 2.45) is 5.41 Å². The summed E-state index contributed by atoms with van der Waals surface area (Å²) < 4.78 is 0. The van der Waals surface area contributed by atoms with E-state index >= 15 is 0 Å². The number of nitrogens with zero attached hydrogens (tertiary/aromatic N) is 4. The molecule has 7 heteroatoms. The van der Waals surface area contributed by atoms with E-state index in [0.717, 1.165) is 59.9 Å². The van der Waals surface area contributed by atoms with Crippen molar-refractivity contribution < 1.29 is 4.79 Å². The highest BCUT2D eigenvalue weighted by molar-refractivity contribution is 6.30. The van der Waals surface area contributed by atoms with Crippen molar-refractivity contribution in [3.8, 4) is 0 Å². The monoisotopic (exact) mass is 395 g/mol. The first-order valence-corrected chi connectivity index (χ1v) is 10.1. The van der Waals surface area contributed by atoms with Crippen molar-refractivity contribution in [1.82, 2.24) is 19.9 Å². The molecule has 28 heavy (non-hydrogen) atoms. The molecule has 1 N–H and O–H groups in total. The maximum absolute atomic E-state index is 12.7. The summed E-state index contributed by atoms with van der Waals surface area (Å²) in [6, 6.07) is 9.80. The largest absolute Gasteiger partial charge is 0.356 e. The summed E-state index contributed by atoms with van der Waals surface area (Å²) in [6.45, 7) is 3.34. The summed E-state index contributed by atoms with van der Waals surface area (Å²) >= 11 is 5.97. The Morgan fingerprint density at radius 3 is 2.68 bits per heavy atom. The van der Waals surface area contributed by atoms with Gasteiger partial charge in [-0.1, -0.05) is 23.7 Å². The van der Waals surface area contributed by atoms with E-state index in [-0.39, 0.29) is 11.3 Å². The molecule has 2 aliphatic heterocycles. The van der Waals surface area contributed by atoms with Gasteiger partial charge in [0.2, 0.25) is 5.91 Å². The predicted octanol–water partition coefficient (Wildman–Crippen LogP) is 3.63. The standard InChI is InChI=1S/C21H22ClN5O/c22-16-3-1-15(2-4-16)12-27-13-21(11-18(27)28)6-9-26(10-7-21)20-17-5-8-23-19(17)24-14-25-20/h1-5,8,14H,6-7,9-13H2,(H,23,24,25). The fourth-order valence-electron chi connectivity index (χ4n) is 4.57. The number of nitrogens with one attached hydrogen (secondary N) is 1. The molecule has 3 aromatic rings. The van der Waals surface area contributed by atoms with Crippen molar-refractivity contribution in [2.75, 3.05) is 24.5 Å². The predicted molar refractivity (Wildman–Crippen MR) is 109 cm³/mol. The molecular weight excluding hydrogens is 374 g/mol. The lowest BCUT2D eigenvalue weighted by Crippen LogP contribution is -2.42. The number of fused-ring (bicyclic) bond motifs is 1. The van der Waals surface area contributed by atoms with Crippen molar-refractivity contribution >= 4 is 34.4 Å². The van der Waals surface area contributed by atoms with Gasteiger partial charge in [0.25, 0.3) is 0 Å². The summed E-state index contributed by atoms with van der Waals surface area (Å²) in [5.74, 6) is 1.25. The quantitative estimate of drug-likeness (QED) is 0.735. The molecule has 0 aliphatic carbocycles. The molecule has 1 aromatic carbocycles. The molecule has 144 valence electrons. The fourth-order valence-corrected chi connectivity index (χ4v) is 4.70. The van der Waals surface area contributed by atoms with Crippen LogP contribution in [0.1, 0.15) is 24.8 Å². The Labute approximate surface area is 168 Å². The van der Waals surface area contributed by atoms with Crippen LogP contribution in [-0.2, 0) is 11.3 Å². The van der Waals surface area contributed by atoms with E-state index in [1.165, 1.54) is 0 Å². The first-order chi connectivity index (χ1) is 13.6. The number of halogens is 1. The molecule has 0 bridgehead atoms. The molecule has 2 aromatic heterocycles. The molecule has 2 aliphatic rings. The summed E-state index contributed by atoms with van der Waals surface area (Å²) in [5.41, 5.74) is 2.09. The number of piperidine rings is 1. The van der Waals surface area contributed by atoms with Crippen LogP contribution in [0, 0.1) is 5.41 Å². The molecule has 0 unspecified atom stereocenters. The second kappa shape index (κ2) is 6.78. The molecule has 1 spiro atoms. The van der Waals surface area contributed by atoms with E-state index in [4.69, 9.17) is 11.6 Å². The van der Waals surface area contributed by atoms with E-state index in [1.807, 2.05) is 41.4 Å². The smallest absolute Gasteiger partial charge is 0.223 e. The number of benzene rings is 1. The maximum Gasteiger partial charge on any atom is 0.223 e. The Bertz CT molecular complexity index is 1010. The van der Waals surface area contributed by atoms with Gasteiger partial charge in [-0.15, -0.1) is 0 Å². The average Bonchev–Trinajstić information content (AvgIpc) is 3.29. The Morgan fingerprint density at radius 2 is 1.89 bits per heavy atom. The molecule has 1 amide bonds. The van der Waals surface area contributed by atoms with Crippen LogP contribution < -0.4 is 4.90 Å². The fraction of sp³-hybridized carbons (Fsp3) is 0.381. The second-order valence-corrected chi connectivity index (χ2v) is 8.41. The second-order valence-electron chi connectivity index (χ2n) is 7.98. The zero-order valence-electron chi connectivity index (χ0n) is 15.6. The number of anilines is 1. The zero-order chi connectivity index (χ0) is 19.1. The maximum atomic E-state index is 12.7. The van der Waals surface area contributed by atoms with E-state index in [2.05, 4.69) is 19.9 Å². The molecule has 4 heterocycles. The van der Waals surface area contributed by atoms with E-state index in [9.17, 15) is 4.79 Å². The molecule has 0 radical (unpaired) electrons. The minimum Gasteiger partial charge on any atom is -0.356 e. The van der Waals surface area contributed by atoms with Gasteiger partial charge in [-0.3, -0.25) is 4.79 Å². The van der Waals surface area contributed by atoms with Crippen molar-refractivity contribution in [1.29, 1.82) is 0 Å². The number of hydrogen-bond acceptors (Lipinski definition) is 4. The molecule has 0 saturated carbocycles. The number of hydrogen-bond donors (Lipinski definition) is 1. The SMILES string of the molecule is O=C1CC2(CCN(c3ncnc4[nH]ccc34)CC2)CN1Cc1ccc(Cl)cc1. The van der Waals surface area contributed by atoms with E-state index in [1.54, 1.807) is 6.33 Å². The van der Waals surface area contributed by atoms with Crippen LogP contribution in [-0.4, -0.2) is 45.4 Å². The van der Waals surface area contributed by atoms with Gasteiger partial charge in [0, 0.05) is 49.2 Å². The average molecular weight is 396 g/mol. The summed E-state index contributed by atoms with van der Waals surface area (Å²) in [5, 5.41) is 1.78. The summed E-state index contributed by atoms with van der Waals surface area (Å²) in [4.78, 5) is 29.0. The Hall–Kier alpha value is -2.60. The molecule has 0 atom stereocenters. The molecule has 2 saturated heterocycles. The van der Waals surface area contributed by atoms with Gasteiger partial charge in [0.15, 0.2) is 0 Å². The number of amides is 1. The lowest BCUT2D eigenvalue weighted by Gasteiger charge is -2.39. The van der Waals surface area contributed by atoms with E-state index in [0.29, 0.717) is 13.0 Å². The van der Waals surface area contributed by atoms with Crippen LogP contribution in [0.5, 0.6) is 0 Å². The highest BCUT2D eigenvalue weighted by Crippen LogP contribution is 2.42. The number of rotatable bonds is 3. The number of aromatic amines is 1.